The molecule has 0 unspecified atom stereocenters. The van der Waals surface area contributed by atoms with Gasteiger partial charge in [0.05, 0.1) is 0 Å². The molecule has 10 rings (SSSR count). The minimum Gasteiger partial charge on any atom is -0.208 e. The molecule has 0 saturated carbocycles. The second-order valence-electron chi connectivity index (χ2n) is 13.6. The summed E-state index contributed by atoms with van der Waals surface area (Å²) in [6.07, 6.45) is 0. The van der Waals surface area contributed by atoms with Gasteiger partial charge in [-0.15, -0.1) is 0 Å². The highest BCUT2D eigenvalue weighted by atomic mass is 15.0. The molecule has 1 aromatic heterocycles. The summed E-state index contributed by atoms with van der Waals surface area (Å²) in [5.41, 5.74) is 8.33. The van der Waals surface area contributed by atoms with Gasteiger partial charge in [-0.1, -0.05) is 153 Å². The van der Waals surface area contributed by atoms with E-state index in [0.717, 1.165) is 27.5 Å². The maximum Gasteiger partial charge on any atom is 0.164 e. The van der Waals surface area contributed by atoms with Crippen molar-refractivity contribution >= 4 is 43.1 Å². The molecule has 3 nitrogen and oxygen atoms in total. The third-order valence-electron chi connectivity index (χ3n) is 10.4. The molecule has 1 aliphatic carbocycles. The summed E-state index contributed by atoms with van der Waals surface area (Å²) in [6, 6.07) is 54.1. The largest absolute Gasteiger partial charge is 0.208 e. The van der Waals surface area contributed by atoms with Crippen molar-refractivity contribution in [1.29, 1.82) is 0 Å². The van der Waals surface area contributed by atoms with Crippen molar-refractivity contribution in [3.8, 4) is 45.3 Å². The summed E-state index contributed by atoms with van der Waals surface area (Å²) >= 11 is 0. The van der Waals surface area contributed by atoms with Crippen LogP contribution in [0.25, 0.3) is 88.4 Å². The van der Waals surface area contributed by atoms with E-state index in [1.807, 2.05) is 18.2 Å². The molecular formula is C46H31N3. The van der Waals surface area contributed by atoms with E-state index in [9.17, 15) is 0 Å². The first-order chi connectivity index (χ1) is 24.0. The standard InChI is InChI=1S/C46H31N3/c1-46(2)39-19-11-10-18-37(39)41-38-25-22-31-27-33(23-24-34(31)40(38)35-16-8-9-17-36(35)42(41)46)45-48-43(29-13-4-3-5-14-29)47-44(49-45)32-21-20-28-12-6-7-15-30(28)26-32/h3-27H,1-2H3. The van der Waals surface area contributed by atoms with E-state index in [0.29, 0.717) is 17.5 Å². The van der Waals surface area contributed by atoms with Gasteiger partial charge in [0.25, 0.3) is 0 Å². The Balaban J connectivity index is 1.20. The van der Waals surface area contributed by atoms with Gasteiger partial charge in [0.2, 0.25) is 0 Å². The molecule has 1 heterocycles. The van der Waals surface area contributed by atoms with Gasteiger partial charge in [-0.3, -0.25) is 0 Å². The van der Waals surface area contributed by atoms with E-state index in [2.05, 4.69) is 147 Å². The van der Waals surface area contributed by atoms with Crippen molar-refractivity contribution in [2.45, 2.75) is 19.3 Å². The maximum absolute atomic E-state index is 5.09. The van der Waals surface area contributed by atoms with E-state index < -0.39 is 0 Å². The number of hydrogen-bond donors (Lipinski definition) is 0. The predicted octanol–water partition coefficient (Wildman–Crippen LogP) is 11.8. The Hall–Kier alpha value is -6.19. The zero-order valence-electron chi connectivity index (χ0n) is 27.3. The molecule has 8 aromatic carbocycles. The van der Waals surface area contributed by atoms with Crippen molar-refractivity contribution in [1.82, 2.24) is 15.0 Å². The van der Waals surface area contributed by atoms with Gasteiger partial charge in [-0.2, -0.15) is 0 Å². The minimum absolute atomic E-state index is 0.0869. The number of aromatic nitrogens is 3. The van der Waals surface area contributed by atoms with Crippen molar-refractivity contribution in [3.05, 3.63) is 163 Å². The lowest BCUT2D eigenvalue weighted by atomic mass is 9.79. The summed E-state index contributed by atoms with van der Waals surface area (Å²) in [6.45, 7) is 4.74. The van der Waals surface area contributed by atoms with Crippen LogP contribution < -0.4 is 0 Å². The Kier molecular flexibility index (Phi) is 5.92. The van der Waals surface area contributed by atoms with Gasteiger partial charge >= 0.3 is 0 Å². The number of rotatable bonds is 3. The van der Waals surface area contributed by atoms with Crippen LogP contribution in [0.1, 0.15) is 25.0 Å². The Morgan fingerprint density at radius 3 is 1.78 bits per heavy atom. The smallest absolute Gasteiger partial charge is 0.164 e. The quantitative estimate of drug-likeness (QED) is 0.183. The van der Waals surface area contributed by atoms with Crippen molar-refractivity contribution < 1.29 is 0 Å². The zero-order chi connectivity index (χ0) is 32.7. The summed E-state index contributed by atoms with van der Waals surface area (Å²) in [5.74, 6) is 1.99. The van der Waals surface area contributed by atoms with E-state index in [1.54, 1.807) is 0 Å². The average molecular weight is 626 g/mol. The van der Waals surface area contributed by atoms with E-state index in [4.69, 9.17) is 15.0 Å². The molecule has 3 heteroatoms. The Labute approximate surface area is 284 Å². The SMILES string of the molecule is CC1(C)c2ccccc2-c2c1c1ccccc1c1c2ccc2cc(-c3nc(-c4ccccc4)nc(-c4ccc5ccccc5c4)n3)ccc21. The first kappa shape index (κ1) is 27.9. The molecule has 0 fully saturated rings. The van der Waals surface area contributed by atoms with Gasteiger partial charge in [-0.05, 0) is 77.5 Å². The summed E-state index contributed by atoms with van der Waals surface area (Å²) in [4.78, 5) is 15.1. The number of fused-ring (bicyclic) bond motifs is 11. The number of hydrogen-bond acceptors (Lipinski definition) is 3. The van der Waals surface area contributed by atoms with E-state index >= 15 is 0 Å². The number of nitrogens with zero attached hydrogens (tertiary/aromatic N) is 3. The second-order valence-corrected chi connectivity index (χ2v) is 13.6. The molecule has 9 aromatic rings. The summed E-state index contributed by atoms with van der Waals surface area (Å²) in [5, 5.41) is 9.96. The lowest BCUT2D eigenvalue weighted by Crippen LogP contribution is -2.15. The average Bonchev–Trinajstić information content (AvgIpc) is 3.41. The Morgan fingerprint density at radius 2 is 0.980 bits per heavy atom. The van der Waals surface area contributed by atoms with Crippen molar-refractivity contribution in [2.24, 2.45) is 0 Å². The fourth-order valence-electron chi connectivity index (χ4n) is 8.14. The van der Waals surface area contributed by atoms with Crippen LogP contribution in [0.15, 0.2) is 152 Å². The zero-order valence-corrected chi connectivity index (χ0v) is 27.3. The van der Waals surface area contributed by atoms with Crippen LogP contribution in [-0.4, -0.2) is 15.0 Å². The molecule has 230 valence electrons. The highest BCUT2D eigenvalue weighted by Crippen LogP contribution is 2.55. The van der Waals surface area contributed by atoms with Crippen LogP contribution in [0.5, 0.6) is 0 Å². The van der Waals surface area contributed by atoms with Crippen LogP contribution in [0, 0.1) is 0 Å². The third kappa shape index (κ3) is 4.19. The lowest BCUT2D eigenvalue weighted by Gasteiger charge is -2.24. The van der Waals surface area contributed by atoms with Crippen LogP contribution in [0.3, 0.4) is 0 Å². The molecule has 0 aliphatic heterocycles. The van der Waals surface area contributed by atoms with E-state index in [1.165, 1.54) is 54.6 Å². The molecule has 49 heavy (non-hydrogen) atoms. The molecular weight excluding hydrogens is 595 g/mol. The first-order valence-electron chi connectivity index (χ1n) is 16.9. The van der Waals surface area contributed by atoms with E-state index in [-0.39, 0.29) is 5.41 Å². The van der Waals surface area contributed by atoms with Gasteiger partial charge in [0.1, 0.15) is 0 Å². The maximum atomic E-state index is 5.09. The highest BCUT2D eigenvalue weighted by Gasteiger charge is 2.38. The molecule has 0 amide bonds. The first-order valence-corrected chi connectivity index (χ1v) is 16.9. The molecule has 0 bridgehead atoms. The second kappa shape index (κ2) is 10.4. The van der Waals surface area contributed by atoms with Crippen LogP contribution in [-0.2, 0) is 5.41 Å². The van der Waals surface area contributed by atoms with Crippen LogP contribution >= 0.6 is 0 Å². The van der Waals surface area contributed by atoms with Gasteiger partial charge in [0.15, 0.2) is 17.5 Å². The minimum atomic E-state index is -0.0869. The van der Waals surface area contributed by atoms with Crippen molar-refractivity contribution in [2.75, 3.05) is 0 Å². The summed E-state index contributed by atoms with van der Waals surface area (Å²) in [7, 11) is 0. The van der Waals surface area contributed by atoms with Gasteiger partial charge in [0, 0.05) is 22.1 Å². The fraction of sp³-hybridized carbons (Fsp3) is 0.0652. The topological polar surface area (TPSA) is 38.7 Å². The third-order valence-corrected chi connectivity index (χ3v) is 10.4. The van der Waals surface area contributed by atoms with Gasteiger partial charge < -0.3 is 0 Å². The highest BCUT2D eigenvalue weighted by molar-refractivity contribution is 6.26. The Morgan fingerprint density at radius 1 is 0.408 bits per heavy atom. The lowest BCUT2D eigenvalue weighted by molar-refractivity contribution is 0.666. The van der Waals surface area contributed by atoms with Gasteiger partial charge in [-0.25, -0.2) is 15.0 Å². The van der Waals surface area contributed by atoms with Crippen LogP contribution in [0.2, 0.25) is 0 Å². The molecule has 0 radical (unpaired) electrons. The predicted molar refractivity (Wildman–Crippen MR) is 204 cm³/mol. The summed E-state index contributed by atoms with van der Waals surface area (Å²) < 4.78 is 0. The molecule has 0 atom stereocenters. The fourth-order valence-corrected chi connectivity index (χ4v) is 8.14. The molecule has 1 aliphatic rings. The molecule has 0 spiro atoms. The molecule has 0 N–H and O–H groups in total. The van der Waals surface area contributed by atoms with Crippen LogP contribution in [0.4, 0.5) is 0 Å². The number of benzene rings is 8. The monoisotopic (exact) mass is 625 g/mol. The Bertz CT molecular complexity index is 2800. The molecule has 0 saturated heterocycles. The van der Waals surface area contributed by atoms with Crippen molar-refractivity contribution in [3.63, 3.8) is 0 Å². The normalized spacial score (nSPS) is 13.3.